The van der Waals surface area contributed by atoms with Crippen molar-refractivity contribution in [1.82, 2.24) is 0 Å². The summed E-state index contributed by atoms with van der Waals surface area (Å²) in [7, 11) is 0. The van der Waals surface area contributed by atoms with Crippen LogP contribution in [-0.2, 0) is 9.53 Å². The maximum Gasteiger partial charge on any atom is 0.335 e. The van der Waals surface area contributed by atoms with E-state index in [4.69, 9.17) is 5.73 Å². The zero-order chi connectivity index (χ0) is 10.3. The van der Waals surface area contributed by atoms with Crippen molar-refractivity contribution < 1.29 is 14.6 Å². The van der Waals surface area contributed by atoms with Gasteiger partial charge in [0.15, 0.2) is 6.10 Å². The lowest BCUT2D eigenvalue weighted by molar-refractivity contribution is -0.156. The molecule has 0 aliphatic carbocycles. The van der Waals surface area contributed by atoms with Crippen LogP contribution >= 0.6 is 0 Å². The van der Waals surface area contributed by atoms with Crippen LogP contribution in [0.3, 0.4) is 0 Å². The van der Waals surface area contributed by atoms with Crippen LogP contribution in [0.15, 0.2) is 0 Å². The van der Waals surface area contributed by atoms with Gasteiger partial charge in [-0.2, -0.15) is 0 Å². The van der Waals surface area contributed by atoms with Gasteiger partial charge in [-0.15, -0.1) is 0 Å². The fraction of sp³-hybridized carbons (Fsp3) is 0.889. The van der Waals surface area contributed by atoms with Gasteiger partial charge >= 0.3 is 5.97 Å². The molecule has 0 amide bonds. The monoisotopic (exact) mass is 189 g/mol. The van der Waals surface area contributed by atoms with Gasteiger partial charge in [0.25, 0.3) is 0 Å². The Morgan fingerprint density at radius 2 is 2.15 bits per heavy atom. The van der Waals surface area contributed by atoms with Gasteiger partial charge in [-0.3, -0.25) is 0 Å². The summed E-state index contributed by atoms with van der Waals surface area (Å²) in [5.74, 6) is -0.740. The number of carbonyl (C=O) groups is 1. The average Bonchev–Trinajstić information content (AvgIpc) is 2.13. The highest BCUT2D eigenvalue weighted by Gasteiger charge is 2.25. The number of carbonyl (C=O) groups excluding carboxylic acids is 1. The summed E-state index contributed by atoms with van der Waals surface area (Å²) >= 11 is 0. The van der Waals surface area contributed by atoms with Gasteiger partial charge in [0.1, 0.15) is 0 Å². The van der Waals surface area contributed by atoms with Crippen LogP contribution in [0.4, 0.5) is 0 Å². The molecule has 0 rings (SSSR count). The van der Waals surface area contributed by atoms with E-state index in [1.807, 2.05) is 6.92 Å². The van der Waals surface area contributed by atoms with Crippen molar-refractivity contribution in [2.75, 3.05) is 13.2 Å². The SMILES string of the molecule is CCCC(CN)C(O)C(=O)OCC. The number of hydrogen-bond acceptors (Lipinski definition) is 4. The number of aliphatic hydroxyl groups excluding tert-OH is 1. The fourth-order valence-electron chi connectivity index (χ4n) is 1.20. The first-order valence-corrected chi connectivity index (χ1v) is 4.72. The number of aliphatic hydroxyl groups is 1. The molecular formula is C9H19NO3. The molecule has 0 aliphatic heterocycles. The summed E-state index contributed by atoms with van der Waals surface area (Å²) in [6, 6.07) is 0. The molecule has 0 aromatic rings. The first kappa shape index (κ1) is 12.4. The summed E-state index contributed by atoms with van der Waals surface area (Å²) in [6.07, 6.45) is 0.583. The lowest BCUT2D eigenvalue weighted by atomic mass is 9.97. The second-order valence-corrected chi connectivity index (χ2v) is 2.98. The first-order chi connectivity index (χ1) is 6.17. The Bertz CT molecular complexity index is 150. The van der Waals surface area contributed by atoms with E-state index >= 15 is 0 Å². The molecule has 0 heterocycles. The standard InChI is InChI=1S/C9H19NO3/c1-3-5-7(6-10)8(11)9(12)13-4-2/h7-8,11H,3-6,10H2,1-2H3. The van der Waals surface area contributed by atoms with Gasteiger partial charge in [-0.05, 0) is 19.9 Å². The predicted molar refractivity (Wildman–Crippen MR) is 50.1 cm³/mol. The minimum atomic E-state index is -1.06. The van der Waals surface area contributed by atoms with E-state index in [9.17, 15) is 9.90 Å². The zero-order valence-electron chi connectivity index (χ0n) is 8.32. The summed E-state index contributed by atoms with van der Waals surface area (Å²) < 4.78 is 4.69. The minimum Gasteiger partial charge on any atom is -0.464 e. The summed E-state index contributed by atoms with van der Waals surface area (Å²) in [6.45, 7) is 4.30. The van der Waals surface area contributed by atoms with Crippen LogP contribution in [0.5, 0.6) is 0 Å². The maximum absolute atomic E-state index is 11.1. The molecule has 13 heavy (non-hydrogen) atoms. The smallest absolute Gasteiger partial charge is 0.335 e. The predicted octanol–water partition coefficient (Wildman–Crippen LogP) is 0.285. The third-order valence-corrected chi connectivity index (χ3v) is 1.94. The molecule has 0 spiro atoms. The number of ether oxygens (including phenoxy) is 1. The van der Waals surface area contributed by atoms with Crippen molar-refractivity contribution in [3.63, 3.8) is 0 Å². The van der Waals surface area contributed by atoms with E-state index in [0.29, 0.717) is 13.2 Å². The lowest BCUT2D eigenvalue weighted by Crippen LogP contribution is -2.35. The molecule has 0 radical (unpaired) electrons. The molecule has 0 aromatic carbocycles. The molecule has 0 saturated heterocycles. The number of esters is 1. The van der Waals surface area contributed by atoms with E-state index in [1.54, 1.807) is 6.92 Å². The number of nitrogens with two attached hydrogens (primary N) is 1. The van der Waals surface area contributed by atoms with E-state index < -0.39 is 12.1 Å². The van der Waals surface area contributed by atoms with Crippen molar-refractivity contribution in [3.8, 4) is 0 Å². The highest BCUT2D eigenvalue weighted by molar-refractivity contribution is 5.74. The van der Waals surface area contributed by atoms with E-state index in [2.05, 4.69) is 4.74 Å². The summed E-state index contributed by atoms with van der Waals surface area (Å²) in [5, 5.41) is 9.49. The Hall–Kier alpha value is -0.610. The molecule has 0 fully saturated rings. The first-order valence-electron chi connectivity index (χ1n) is 4.72. The van der Waals surface area contributed by atoms with Crippen LogP contribution < -0.4 is 5.73 Å². The van der Waals surface area contributed by atoms with Crippen LogP contribution in [0.25, 0.3) is 0 Å². The molecule has 78 valence electrons. The minimum absolute atomic E-state index is 0.177. The van der Waals surface area contributed by atoms with Gasteiger partial charge in [0, 0.05) is 5.92 Å². The van der Waals surface area contributed by atoms with Gasteiger partial charge in [0.2, 0.25) is 0 Å². The van der Waals surface area contributed by atoms with Crippen molar-refractivity contribution in [1.29, 1.82) is 0 Å². The molecule has 2 atom stereocenters. The van der Waals surface area contributed by atoms with Crippen LogP contribution in [0, 0.1) is 5.92 Å². The largest absolute Gasteiger partial charge is 0.464 e. The lowest BCUT2D eigenvalue weighted by Gasteiger charge is -2.18. The Balaban J connectivity index is 4.02. The molecular weight excluding hydrogens is 170 g/mol. The number of hydrogen-bond donors (Lipinski definition) is 2. The molecule has 0 saturated carbocycles. The maximum atomic E-state index is 11.1. The molecule has 4 nitrogen and oxygen atoms in total. The van der Waals surface area contributed by atoms with Crippen LogP contribution in [-0.4, -0.2) is 30.3 Å². The average molecular weight is 189 g/mol. The van der Waals surface area contributed by atoms with E-state index in [0.717, 1.165) is 12.8 Å². The molecule has 0 bridgehead atoms. The molecule has 0 aromatic heterocycles. The molecule has 2 unspecified atom stereocenters. The van der Waals surface area contributed by atoms with Crippen molar-refractivity contribution in [2.45, 2.75) is 32.8 Å². The summed E-state index contributed by atoms with van der Waals surface area (Å²) in [5.41, 5.74) is 5.43. The van der Waals surface area contributed by atoms with Crippen LogP contribution in [0.2, 0.25) is 0 Å². The quantitative estimate of drug-likeness (QED) is 0.589. The van der Waals surface area contributed by atoms with Gasteiger partial charge in [0.05, 0.1) is 6.61 Å². The second-order valence-electron chi connectivity index (χ2n) is 2.98. The third kappa shape index (κ3) is 4.24. The van der Waals surface area contributed by atoms with Gasteiger partial charge < -0.3 is 15.6 Å². The Kier molecular flexibility index (Phi) is 6.54. The van der Waals surface area contributed by atoms with Gasteiger partial charge in [-0.1, -0.05) is 13.3 Å². The highest BCUT2D eigenvalue weighted by Crippen LogP contribution is 2.11. The topological polar surface area (TPSA) is 72.5 Å². The molecule has 4 heteroatoms. The summed E-state index contributed by atoms with van der Waals surface area (Å²) in [4.78, 5) is 11.1. The Labute approximate surface area is 79.1 Å². The Morgan fingerprint density at radius 3 is 2.54 bits per heavy atom. The van der Waals surface area contributed by atoms with Crippen molar-refractivity contribution in [2.24, 2.45) is 11.7 Å². The normalized spacial score (nSPS) is 15.1. The zero-order valence-corrected chi connectivity index (χ0v) is 8.32. The fourth-order valence-corrected chi connectivity index (χ4v) is 1.20. The molecule has 0 aliphatic rings. The Morgan fingerprint density at radius 1 is 1.54 bits per heavy atom. The van der Waals surface area contributed by atoms with E-state index in [-0.39, 0.29) is 5.92 Å². The molecule has 3 N–H and O–H groups in total. The number of rotatable bonds is 6. The van der Waals surface area contributed by atoms with Crippen molar-refractivity contribution >= 4 is 5.97 Å². The highest BCUT2D eigenvalue weighted by atomic mass is 16.5. The van der Waals surface area contributed by atoms with Crippen molar-refractivity contribution in [3.05, 3.63) is 0 Å². The van der Waals surface area contributed by atoms with Crippen LogP contribution in [0.1, 0.15) is 26.7 Å². The van der Waals surface area contributed by atoms with Gasteiger partial charge in [-0.25, -0.2) is 4.79 Å². The van der Waals surface area contributed by atoms with E-state index in [1.165, 1.54) is 0 Å². The third-order valence-electron chi connectivity index (χ3n) is 1.94. The second kappa shape index (κ2) is 6.86.